The Morgan fingerprint density at radius 2 is 1.82 bits per heavy atom. The predicted molar refractivity (Wildman–Crippen MR) is 177 cm³/mol. The normalized spacial score (nSPS) is 17.9. The molecule has 2 saturated heterocycles. The number of amides is 1. The van der Waals surface area contributed by atoms with Crippen molar-refractivity contribution in [1.82, 2.24) is 19.8 Å². The lowest BCUT2D eigenvalue weighted by atomic mass is 9.87. The summed E-state index contributed by atoms with van der Waals surface area (Å²) >= 11 is 7.64. The van der Waals surface area contributed by atoms with E-state index in [2.05, 4.69) is 15.5 Å². The molecular weight excluding hydrogens is 636 g/mol. The molecule has 2 fully saturated rings. The number of piperazine rings is 1. The van der Waals surface area contributed by atoms with Gasteiger partial charge in [-0.2, -0.15) is 4.31 Å². The molecule has 3 aromatic rings. The first kappa shape index (κ1) is 33.6. The monoisotopic (exact) mass is 676 g/mol. The second-order valence-electron chi connectivity index (χ2n) is 12.0. The molecule has 45 heavy (non-hydrogen) atoms. The number of carboxylic acid groups (broad SMARTS) is 1. The fraction of sp³-hybridized carbons (Fsp3) is 0.500. The van der Waals surface area contributed by atoms with Crippen molar-refractivity contribution in [3.05, 3.63) is 57.9 Å². The van der Waals surface area contributed by atoms with Gasteiger partial charge < -0.3 is 20.5 Å². The number of carboxylic acids is 1. The van der Waals surface area contributed by atoms with E-state index in [1.54, 1.807) is 12.1 Å². The van der Waals surface area contributed by atoms with Gasteiger partial charge in [0.1, 0.15) is 16.7 Å². The summed E-state index contributed by atoms with van der Waals surface area (Å²) in [4.78, 5) is 28.1. The standard InChI is InChI=1S/C32H41ClN4O6S2/c1-21(2)19-25(29-24-5-3-4-6-28(24)44-30(29)32(39)40)31(38)35-13-14-36-15-17-37(18-16-36)45(41,42)23-7-8-27(26(33)20-23)43-22-9-11-34-12-10-22/h3-8,20-22,25,34H,9-19H2,1-2H3,(H,35,38)(H,39,40)/t25-/m0/s1. The number of rotatable bonds is 12. The number of hydrogen-bond donors (Lipinski definition) is 3. The van der Waals surface area contributed by atoms with Gasteiger partial charge in [0.05, 0.1) is 15.8 Å². The Bertz CT molecular complexity index is 1610. The number of aromatic carboxylic acids is 1. The van der Waals surface area contributed by atoms with Gasteiger partial charge in [-0.05, 0) is 73.5 Å². The molecule has 10 nitrogen and oxygen atoms in total. The molecule has 3 N–H and O–H groups in total. The van der Waals surface area contributed by atoms with Crippen LogP contribution in [0.1, 0.15) is 54.3 Å². The predicted octanol–water partition coefficient (Wildman–Crippen LogP) is 4.64. The van der Waals surface area contributed by atoms with Crippen LogP contribution in [0.4, 0.5) is 0 Å². The summed E-state index contributed by atoms with van der Waals surface area (Å²) in [7, 11) is -3.73. The number of carbonyl (C=O) groups is 2. The molecule has 0 radical (unpaired) electrons. The highest BCUT2D eigenvalue weighted by Gasteiger charge is 2.32. The average molecular weight is 677 g/mol. The summed E-state index contributed by atoms with van der Waals surface area (Å²) in [5.41, 5.74) is 0.583. The number of halogens is 1. The van der Waals surface area contributed by atoms with E-state index in [1.807, 2.05) is 38.1 Å². The van der Waals surface area contributed by atoms with E-state index in [0.717, 1.165) is 36.0 Å². The first-order chi connectivity index (χ1) is 21.5. The molecule has 244 valence electrons. The van der Waals surface area contributed by atoms with E-state index in [-0.39, 0.29) is 32.7 Å². The highest BCUT2D eigenvalue weighted by Crippen LogP contribution is 2.39. The zero-order valence-electron chi connectivity index (χ0n) is 25.6. The Hall–Kier alpha value is -2.74. The number of benzene rings is 2. The largest absolute Gasteiger partial charge is 0.489 e. The zero-order chi connectivity index (χ0) is 32.1. The number of piperidine rings is 1. The number of hydrogen-bond acceptors (Lipinski definition) is 8. The van der Waals surface area contributed by atoms with Crippen molar-refractivity contribution in [1.29, 1.82) is 0 Å². The van der Waals surface area contributed by atoms with Gasteiger partial charge in [-0.3, -0.25) is 9.69 Å². The molecule has 0 saturated carbocycles. The molecule has 13 heteroatoms. The van der Waals surface area contributed by atoms with Crippen LogP contribution in [0.2, 0.25) is 5.02 Å². The Morgan fingerprint density at radius 3 is 2.49 bits per heavy atom. The Balaban J connectivity index is 1.16. The fourth-order valence-electron chi connectivity index (χ4n) is 6.03. The second-order valence-corrected chi connectivity index (χ2v) is 15.4. The number of fused-ring (bicyclic) bond motifs is 1. The average Bonchev–Trinajstić information content (AvgIpc) is 3.41. The third kappa shape index (κ3) is 7.98. The second kappa shape index (κ2) is 14.8. The first-order valence-corrected chi connectivity index (χ1v) is 18.1. The van der Waals surface area contributed by atoms with Crippen LogP contribution in [-0.4, -0.2) is 93.1 Å². The van der Waals surface area contributed by atoms with Crippen molar-refractivity contribution in [2.75, 3.05) is 52.4 Å². The number of ether oxygens (including phenoxy) is 1. The van der Waals surface area contributed by atoms with Crippen LogP contribution in [-0.2, 0) is 14.8 Å². The molecule has 0 aliphatic carbocycles. The lowest BCUT2D eigenvalue weighted by Crippen LogP contribution is -2.50. The topological polar surface area (TPSA) is 128 Å². The van der Waals surface area contributed by atoms with Crippen molar-refractivity contribution in [3.63, 3.8) is 0 Å². The van der Waals surface area contributed by atoms with Gasteiger partial charge in [0.25, 0.3) is 0 Å². The number of nitrogens with one attached hydrogen (secondary N) is 2. The maximum atomic E-state index is 13.5. The first-order valence-electron chi connectivity index (χ1n) is 15.5. The minimum absolute atomic E-state index is 0.0582. The molecule has 3 heterocycles. The van der Waals surface area contributed by atoms with Crippen molar-refractivity contribution < 1.29 is 27.9 Å². The Labute approximate surface area is 273 Å². The minimum atomic E-state index is -3.73. The van der Waals surface area contributed by atoms with Gasteiger partial charge >= 0.3 is 5.97 Å². The molecule has 0 unspecified atom stereocenters. The summed E-state index contributed by atoms with van der Waals surface area (Å²) in [6.07, 6.45) is 2.34. The van der Waals surface area contributed by atoms with Gasteiger partial charge in [0.2, 0.25) is 15.9 Å². The van der Waals surface area contributed by atoms with Gasteiger partial charge in [0, 0.05) is 44.0 Å². The van der Waals surface area contributed by atoms with Crippen molar-refractivity contribution in [2.24, 2.45) is 5.92 Å². The van der Waals surface area contributed by atoms with E-state index in [9.17, 15) is 23.1 Å². The van der Waals surface area contributed by atoms with Gasteiger partial charge in [-0.25, -0.2) is 13.2 Å². The lowest BCUT2D eigenvalue weighted by molar-refractivity contribution is -0.123. The van der Waals surface area contributed by atoms with E-state index >= 15 is 0 Å². The lowest BCUT2D eigenvalue weighted by Gasteiger charge is -2.34. The van der Waals surface area contributed by atoms with E-state index in [4.69, 9.17) is 16.3 Å². The van der Waals surface area contributed by atoms with Crippen molar-refractivity contribution >= 4 is 54.9 Å². The summed E-state index contributed by atoms with van der Waals surface area (Å²) in [5, 5.41) is 17.3. The Morgan fingerprint density at radius 1 is 1.11 bits per heavy atom. The summed E-state index contributed by atoms with van der Waals surface area (Å²) < 4.78 is 35.1. The van der Waals surface area contributed by atoms with Crippen LogP contribution in [0.25, 0.3) is 10.1 Å². The van der Waals surface area contributed by atoms with E-state index < -0.39 is 21.9 Å². The molecule has 5 rings (SSSR count). The zero-order valence-corrected chi connectivity index (χ0v) is 28.0. The summed E-state index contributed by atoms with van der Waals surface area (Å²) in [6, 6.07) is 12.2. The molecular formula is C32H41ClN4O6S2. The fourth-order valence-corrected chi connectivity index (χ4v) is 8.87. The van der Waals surface area contributed by atoms with Crippen LogP contribution in [0.15, 0.2) is 47.4 Å². The SMILES string of the molecule is CC(C)C[C@H](C(=O)NCCN1CCN(S(=O)(=O)c2ccc(OC3CCNCC3)c(Cl)c2)CC1)c1c(C(=O)O)sc2ccccc12. The quantitative estimate of drug-likeness (QED) is 0.253. The van der Waals surface area contributed by atoms with Crippen LogP contribution in [0.5, 0.6) is 5.75 Å². The van der Waals surface area contributed by atoms with Crippen molar-refractivity contribution in [2.45, 2.75) is 50.0 Å². The smallest absolute Gasteiger partial charge is 0.346 e. The maximum Gasteiger partial charge on any atom is 0.346 e. The molecule has 0 bridgehead atoms. The number of sulfonamides is 1. The number of thiophene rings is 1. The van der Waals surface area contributed by atoms with Crippen LogP contribution < -0.4 is 15.4 Å². The summed E-state index contributed by atoms with van der Waals surface area (Å²) in [6.45, 7) is 8.42. The third-order valence-corrected chi connectivity index (χ3v) is 11.7. The maximum absolute atomic E-state index is 13.5. The minimum Gasteiger partial charge on any atom is -0.489 e. The molecule has 2 aromatic carbocycles. The Kier molecular flexibility index (Phi) is 11.0. The molecule has 2 aliphatic rings. The van der Waals surface area contributed by atoms with Gasteiger partial charge in [-0.15, -0.1) is 11.3 Å². The molecule has 0 spiro atoms. The molecule has 2 aliphatic heterocycles. The highest BCUT2D eigenvalue weighted by atomic mass is 35.5. The summed E-state index contributed by atoms with van der Waals surface area (Å²) in [5.74, 6) is -1.12. The van der Waals surface area contributed by atoms with Crippen LogP contribution >= 0.6 is 22.9 Å². The van der Waals surface area contributed by atoms with Crippen molar-refractivity contribution in [3.8, 4) is 5.75 Å². The van der Waals surface area contributed by atoms with Gasteiger partial charge in [0.15, 0.2) is 0 Å². The van der Waals surface area contributed by atoms with Crippen LogP contribution in [0.3, 0.4) is 0 Å². The van der Waals surface area contributed by atoms with E-state index in [1.165, 1.54) is 21.7 Å². The molecule has 1 aromatic heterocycles. The highest BCUT2D eigenvalue weighted by molar-refractivity contribution is 7.89. The number of nitrogens with zero attached hydrogens (tertiary/aromatic N) is 2. The van der Waals surface area contributed by atoms with E-state index in [0.29, 0.717) is 57.0 Å². The van der Waals surface area contributed by atoms with Gasteiger partial charge in [-0.1, -0.05) is 43.6 Å². The number of carbonyl (C=O) groups excluding carboxylic acids is 1. The molecule has 1 atom stereocenters. The third-order valence-electron chi connectivity index (χ3n) is 8.38. The molecule has 1 amide bonds. The van der Waals surface area contributed by atoms with Crippen LogP contribution in [0, 0.1) is 5.92 Å².